The lowest BCUT2D eigenvalue weighted by Crippen LogP contribution is -2.43. The highest BCUT2D eigenvalue weighted by molar-refractivity contribution is 5.78. The number of pyridine rings is 1. The van der Waals surface area contributed by atoms with Gasteiger partial charge >= 0.3 is 0 Å². The van der Waals surface area contributed by atoms with Crippen LogP contribution >= 0.6 is 0 Å². The SMILES string of the molecule is Cc1cc(=O)[nH]c([C@@H]2CN(C(=O)Cc3cccnc3)CCO2)n1. The molecule has 0 aliphatic carbocycles. The zero-order chi connectivity index (χ0) is 16.2. The van der Waals surface area contributed by atoms with Crippen molar-refractivity contribution in [2.24, 2.45) is 0 Å². The molecular formula is C16H18N4O3. The van der Waals surface area contributed by atoms with Gasteiger partial charge in [0.25, 0.3) is 5.56 Å². The van der Waals surface area contributed by atoms with Crippen LogP contribution in [0.2, 0.25) is 0 Å². The number of aromatic amines is 1. The van der Waals surface area contributed by atoms with E-state index >= 15 is 0 Å². The molecule has 0 radical (unpaired) electrons. The maximum Gasteiger partial charge on any atom is 0.251 e. The number of carbonyl (C=O) groups is 1. The third-order valence-corrected chi connectivity index (χ3v) is 3.69. The number of ether oxygens (including phenoxy) is 1. The Labute approximate surface area is 133 Å². The average molecular weight is 314 g/mol. The molecule has 120 valence electrons. The summed E-state index contributed by atoms with van der Waals surface area (Å²) in [6.45, 7) is 3.09. The van der Waals surface area contributed by atoms with Crippen LogP contribution in [0, 0.1) is 6.92 Å². The van der Waals surface area contributed by atoms with Crippen LogP contribution in [0.3, 0.4) is 0 Å². The van der Waals surface area contributed by atoms with Gasteiger partial charge in [-0.2, -0.15) is 0 Å². The van der Waals surface area contributed by atoms with Crippen LogP contribution in [-0.2, 0) is 16.0 Å². The van der Waals surface area contributed by atoms with E-state index in [0.29, 0.717) is 37.6 Å². The summed E-state index contributed by atoms with van der Waals surface area (Å²) in [4.78, 5) is 36.8. The van der Waals surface area contributed by atoms with Gasteiger partial charge in [0.05, 0.1) is 19.6 Å². The van der Waals surface area contributed by atoms with Gasteiger partial charge in [0.15, 0.2) is 0 Å². The highest BCUT2D eigenvalue weighted by Crippen LogP contribution is 2.19. The van der Waals surface area contributed by atoms with Gasteiger partial charge < -0.3 is 14.6 Å². The molecule has 23 heavy (non-hydrogen) atoms. The number of carbonyl (C=O) groups excluding carboxylic acids is 1. The topological polar surface area (TPSA) is 88.2 Å². The molecule has 0 spiro atoms. The van der Waals surface area contributed by atoms with Gasteiger partial charge in [-0.3, -0.25) is 14.6 Å². The minimum absolute atomic E-state index is 0.0151. The number of morpholine rings is 1. The molecule has 2 aromatic heterocycles. The molecule has 1 atom stereocenters. The number of H-pyrrole nitrogens is 1. The molecule has 1 amide bonds. The van der Waals surface area contributed by atoms with E-state index < -0.39 is 6.10 Å². The predicted octanol–water partition coefficient (Wildman–Crippen LogP) is 0.616. The summed E-state index contributed by atoms with van der Waals surface area (Å²) in [5.41, 5.74) is 1.30. The summed E-state index contributed by atoms with van der Waals surface area (Å²) in [7, 11) is 0. The molecule has 1 saturated heterocycles. The number of hydrogen-bond acceptors (Lipinski definition) is 5. The number of aryl methyl sites for hydroxylation is 1. The maximum atomic E-state index is 12.4. The Morgan fingerprint density at radius 2 is 2.39 bits per heavy atom. The summed E-state index contributed by atoms with van der Waals surface area (Å²) in [6.07, 6.45) is 3.26. The Kier molecular flexibility index (Phi) is 4.47. The third-order valence-electron chi connectivity index (χ3n) is 3.69. The molecule has 3 heterocycles. The second-order valence-corrected chi connectivity index (χ2v) is 5.51. The average Bonchev–Trinajstić information content (AvgIpc) is 2.55. The summed E-state index contributed by atoms with van der Waals surface area (Å²) in [5.74, 6) is 0.482. The fourth-order valence-corrected chi connectivity index (χ4v) is 2.59. The van der Waals surface area contributed by atoms with Crippen LogP contribution in [0.15, 0.2) is 35.4 Å². The summed E-state index contributed by atoms with van der Waals surface area (Å²) >= 11 is 0. The van der Waals surface area contributed by atoms with Gasteiger partial charge in [0.1, 0.15) is 11.9 Å². The molecule has 0 bridgehead atoms. The number of amides is 1. The van der Waals surface area contributed by atoms with Crippen molar-refractivity contribution in [3.8, 4) is 0 Å². The van der Waals surface area contributed by atoms with E-state index in [2.05, 4.69) is 15.0 Å². The smallest absolute Gasteiger partial charge is 0.251 e. The van der Waals surface area contributed by atoms with E-state index in [0.717, 1.165) is 5.56 Å². The van der Waals surface area contributed by atoms with Crippen LogP contribution in [0.25, 0.3) is 0 Å². The zero-order valence-electron chi connectivity index (χ0n) is 12.9. The van der Waals surface area contributed by atoms with Crippen molar-refractivity contribution < 1.29 is 9.53 Å². The van der Waals surface area contributed by atoms with Gasteiger partial charge in [-0.1, -0.05) is 6.07 Å². The largest absolute Gasteiger partial charge is 0.367 e. The van der Waals surface area contributed by atoms with Crippen LogP contribution < -0.4 is 5.56 Å². The Morgan fingerprint density at radius 1 is 1.52 bits per heavy atom. The molecule has 7 nitrogen and oxygen atoms in total. The summed E-state index contributed by atoms with van der Waals surface area (Å²) in [6, 6.07) is 5.12. The van der Waals surface area contributed by atoms with Crippen LogP contribution in [0.5, 0.6) is 0 Å². The van der Waals surface area contributed by atoms with Crippen molar-refractivity contribution in [1.29, 1.82) is 0 Å². The van der Waals surface area contributed by atoms with E-state index in [1.165, 1.54) is 6.07 Å². The molecule has 3 rings (SSSR count). The molecule has 1 N–H and O–H groups in total. The van der Waals surface area contributed by atoms with Crippen LogP contribution in [-0.4, -0.2) is 45.5 Å². The molecule has 1 aliphatic heterocycles. The zero-order valence-corrected chi connectivity index (χ0v) is 12.9. The van der Waals surface area contributed by atoms with Crippen molar-refractivity contribution >= 4 is 5.91 Å². The van der Waals surface area contributed by atoms with Crippen molar-refractivity contribution in [1.82, 2.24) is 19.9 Å². The molecule has 0 saturated carbocycles. The minimum atomic E-state index is -0.408. The second-order valence-electron chi connectivity index (χ2n) is 5.51. The lowest BCUT2D eigenvalue weighted by Gasteiger charge is -2.32. The highest BCUT2D eigenvalue weighted by atomic mass is 16.5. The second kappa shape index (κ2) is 6.70. The van der Waals surface area contributed by atoms with Gasteiger partial charge in [-0.25, -0.2) is 4.98 Å². The van der Waals surface area contributed by atoms with E-state index in [1.54, 1.807) is 24.2 Å². The maximum absolute atomic E-state index is 12.4. The van der Waals surface area contributed by atoms with Crippen molar-refractivity contribution in [3.05, 3.63) is 58.0 Å². The van der Waals surface area contributed by atoms with Crippen LogP contribution in [0.4, 0.5) is 0 Å². The number of hydrogen-bond donors (Lipinski definition) is 1. The Bertz CT molecular complexity index is 744. The van der Waals surface area contributed by atoms with Gasteiger partial charge in [0, 0.05) is 30.7 Å². The quantitative estimate of drug-likeness (QED) is 0.897. The fourth-order valence-electron chi connectivity index (χ4n) is 2.59. The number of nitrogens with one attached hydrogen (secondary N) is 1. The highest BCUT2D eigenvalue weighted by Gasteiger charge is 2.27. The van der Waals surface area contributed by atoms with Crippen molar-refractivity contribution in [2.75, 3.05) is 19.7 Å². The van der Waals surface area contributed by atoms with E-state index in [-0.39, 0.29) is 11.5 Å². The summed E-state index contributed by atoms with van der Waals surface area (Å²) < 4.78 is 5.67. The number of aromatic nitrogens is 3. The van der Waals surface area contributed by atoms with E-state index in [1.807, 2.05) is 12.1 Å². The summed E-state index contributed by atoms with van der Waals surface area (Å²) in [5, 5.41) is 0. The first-order valence-corrected chi connectivity index (χ1v) is 7.48. The van der Waals surface area contributed by atoms with Crippen LogP contribution in [0.1, 0.15) is 23.2 Å². The fraction of sp³-hybridized carbons (Fsp3) is 0.375. The first-order chi connectivity index (χ1) is 11.1. The molecule has 0 aromatic carbocycles. The lowest BCUT2D eigenvalue weighted by molar-refractivity contribution is -0.138. The predicted molar refractivity (Wildman–Crippen MR) is 82.8 cm³/mol. The normalized spacial score (nSPS) is 18.0. The van der Waals surface area contributed by atoms with Gasteiger partial charge in [0.2, 0.25) is 5.91 Å². The Balaban J connectivity index is 1.70. The van der Waals surface area contributed by atoms with Crippen molar-refractivity contribution in [3.63, 3.8) is 0 Å². The van der Waals surface area contributed by atoms with Gasteiger partial charge in [-0.15, -0.1) is 0 Å². The molecule has 2 aromatic rings. The molecule has 1 fully saturated rings. The minimum Gasteiger partial charge on any atom is -0.367 e. The molecular weight excluding hydrogens is 296 g/mol. The number of nitrogens with zero attached hydrogens (tertiary/aromatic N) is 3. The Morgan fingerprint density at radius 3 is 3.13 bits per heavy atom. The number of rotatable bonds is 3. The van der Waals surface area contributed by atoms with E-state index in [4.69, 9.17) is 4.74 Å². The molecule has 7 heteroatoms. The Hall–Kier alpha value is -2.54. The van der Waals surface area contributed by atoms with E-state index in [9.17, 15) is 9.59 Å². The lowest BCUT2D eigenvalue weighted by atomic mass is 10.1. The monoisotopic (exact) mass is 314 g/mol. The molecule has 0 unspecified atom stereocenters. The first-order valence-electron chi connectivity index (χ1n) is 7.48. The standard InChI is InChI=1S/C16H18N4O3/c1-11-7-14(21)19-16(18-11)13-10-20(5-6-23-13)15(22)8-12-3-2-4-17-9-12/h2-4,7,9,13H,5-6,8,10H2,1H3,(H,18,19,21)/t13-/m0/s1. The van der Waals surface area contributed by atoms with Gasteiger partial charge in [-0.05, 0) is 18.6 Å². The first kappa shape index (κ1) is 15.4. The molecule has 1 aliphatic rings. The third kappa shape index (κ3) is 3.81. The van der Waals surface area contributed by atoms with Crippen molar-refractivity contribution in [2.45, 2.75) is 19.4 Å².